The maximum absolute atomic E-state index is 13.8. The van der Waals surface area contributed by atoms with Crippen molar-refractivity contribution >= 4 is 58.9 Å². The summed E-state index contributed by atoms with van der Waals surface area (Å²) in [6, 6.07) is 13.1. The molecule has 2 unspecified atom stereocenters. The molecule has 374 valence electrons. The highest BCUT2D eigenvalue weighted by Crippen LogP contribution is 2.34. The minimum Gasteiger partial charge on any atom is -0.461 e. The van der Waals surface area contributed by atoms with Gasteiger partial charge in [0.1, 0.15) is 12.6 Å². The van der Waals surface area contributed by atoms with Gasteiger partial charge in [0.15, 0.2) is 0 Å². The molecule has 1 fully saturated rings. The molecule has 0 saturated carbocycles. The van der Waals surface area contributed by atoms with Crippen LogP contribution in [0.2, 0.25) is 0 Å². The first kappa shape index (κ1) is 56.2. The van der Waals surface area contributed by atoms with Crippen LogP contribution in [0.3, 0.4) is 0 Å². The summed E-state index contributed by atoms with van der Waals surface area (Å²) in [5.41, 5.74) is 1.49. The highest BCUT2D eigenvalue weighted by Gasteiger charge is 2.40. The van der Waals surface area contributed by atoms with Gasteiger partial charge in [-0.3, -0.25) is 48.1 Å². The lowest BCUT2D eigenvalue weighted by Gasteiger charge is -2.43. The van der Waals surface area contributed by atoms with Gasteiger partial charge in [0, 0.05) is 55.4 Å². The molecule has 1 heterocycles. The number of carbonyl (C=O) groups excluding carboxylic acids is 9. The Labute approximate surface area is 402 Å². The van der Waals surface area contributed by atoms with Crippen molar-refractivity contribution in [1.29, 1.82) is 0 Å². The van der Waals surface area contributed by atoms with E-state index < -0.39 is 53.7 Å². The van der Waals surface area contributed by atoms with Gasteiger partial charge in [-0.15, -0.1) is 0 Å². The predicted molar refractivity (Wildman–Crippen MR) is 258 cm³/mol. The number of ether oxygens (including phenoxy) is 1. The van der Waals surface area contributed by atoms with Crippen molar-refractivity contribution in [3.8, 4) is 0 Å². The van der Waals surface area contributed by atoms with Gasteiger partial charge in [0.05, 0.1) is 25.6 Å². The van der Waals surface area contributed by atoms with Gasteiger partial charge in [-0.2, -0.15) is 0 Å². The fourth-order valence-electron chi connectivity index (χ4n) is 7.76. The van der Waals surface area contributed by atoms with Crippen LogP contribution in [0.15, 0.2) is 48.5 Å². The fraction of sp³-hybridized carbons (Fsp3) is 0.588. The smallest absolute Gasteiger partial charge is 0.308 e. The van der Waals surface area contributed by atoms with Crippen LogP contribution in [0.5, 0.6) is 0 Å². The number of carbonyl (C=O) groups is 9. The summed E-state index contributed by atoms with van der Waals surface area (Å²) in [5.74, 6) is -4.03. The van der Waals surface area contributed by atoms with Crippen LogP contribution in [-0.2, 0) is 67.3 Å². The highest BCUT2D eigenvalue weighted by molar-refractivity contribution is 6.03. The molecule has 0 bridgehead atoms. The minimum absolute atomic E-state index is 0.00159. The van der Waals surface area contributed by atoms with Crippen LogP contribution in [0.1, 0.15) is 130 Å². The number of esters is 1. The number of likely N-dealkylation sites (N-methyl/N-ethyl adjacent to an activating group) is 1. The number of imide groups is 1. The van der Waals surface area contributed by atoms with Gasteiger partial charge in [-0.25, -0.2) is 0 Å². The van der Waals surface area contributed by atoms with E-state index in [1.807, 2.05) is 59.6 Å². The monoisotopic (exact) mass is 946 g/mol. The van der Waals surface area contributed by atoms with Crippen LogP contribution in [-0.4, -0.2) is 108 Å². The molecule has 2 aromatic rings. The van der Waals surface area contributed by atoms with Crippen LogP contribution in [0.25, 0.3) is 0 Å². The Kier molecular flexibility index (Phi) is 22.3. The molecule has 0 aliphatic carbocycles. The Bertz CT molecular complexity index is 2090. The second-order valence-electron chi connectivity index (χ2n) is 18.5. The molecule has 0 aromatic heterocycles. The molecule has 1 aliphatic rings. The molecule has 1 aliphatic heterocycles. The summed E-state index contributed by atoms with van der Waals surface area (Å²) in [5, 5.41) is 13.0. The Morgan fingerprint density at radius 3 is 2.04 bits per heavy atom. The zero-order valence-corrected chi connectivity index (χ0v) is 41.6. The Morgan fingerprint density at radius 1 is 0.779 bits per heavy atom. The molecule has 68 heavy (non-hydrogen) atoms. The lowest BCUT2D eigenvalue weighted by Crippen LogP contribution is -2.53. The number of likely N-dealkylation sites (tertiary alicyclic amines) is 1. The van der Waals surface area contributed by atoms with Crippen molar-refractivity contribution in [3.05, 3.63) is 65.2 Å². The Morgan fingerprint density at radius 2 is 1.43 bits per heavy atom. The molecule has 1 saturated heterocycles. The van der Waals surface area contributed by atoms with E-state index in [9.17, 15) is 43.2 Å². The van der Waals surface area contributed by atoms with E-state index >= 15 is 0 Å². The number of unbranched alkanes of at least 4 members (excludes halogenated alkanes) is 2. The van der Waals surface area contributed by atoms with Crippen molar-refractivity contribution in [2.45, 2.75) is 144 Å². The van der Waals surface area contributed by atoms with Gasteiger partial charge < -0.3 is 36.2 Å². The van der Waals surface area contributed by atoms with Crippen LogP contribution >= 0.6 is 0 Å². The SMILES string of the molecule is CCC1CC(=O)N(CCCCCC(=O)NCC(=O)NCC(=O)N[C@@H](Cc2ccccc2)C(=O)NCC(=O)Nc2ccc(COC(=O)C(C)C)c(CC(C)(CC)N(C)C(=O)C(C)(CC)CC)c2)C1=O. The molecule has 3 rings (SSSR count). The van der Waals surface area contributed by atoms with Crippen molar-refractivity contribution in [2.75, 3.05) is 38.5 Å². The van der Waals surface area contributed by atoms with Crippen LogP contribution in [0.4, 0.5) is 5.69 Å². The first-order valence-corrected chi connectivity index (χ1v) is 24.1. The number of hydrogen-bond donors (Lipinski definition) is 5. The van der Waals surface area contributed by atoms with Crippen molar-refractivity contribution in [1.82, 2.24) is 31.1 Å². The normalized spacial score (nSPS) is 15.0. The van der Waals surface area contributed by atoms with Gasteiger partial charge in [0.25, 0.3) is 0 Å². The average molecular weight is 946 g/mol. The summed E-state index contributed by atoms with van der Waals surface area (Å²) in [6.45, 7) is 14.4. The van der Waals surface area contributed by atoms with E-state index in [-0.39, 0.29) is 73.8 Å². The third kappa shape index (κ3) is 16.9. The topological polar surface area (TPSA) is 229 Å². The molecule has 0 spiro atoms. The van der Waals surface area contributed by atoms with Gasteiger partial charge in [0.2, 0.25) is 47.3 Å². The zero-order valence-electron chi connectivity index (χ0n) is 41.6. The maximum atomic E-state index is 13.8. The molecule has 8 amide bonds. The quantitative estimate of drug-likeness (QED) is 0.0447. The zero-order chi connectivity index (χ0) is 50.6. The average Bonchev–Trinajstić information content (AvgIpc) is 3.60. The van der Waals surface area contributed by atoms with E-state index in [0.29, 0.717) is 63.6 Å². The number of amides is 8. The molecule has 5 N–H and O–H groups in total. The Balaban J connectivity index is 1.59. The number of hydrogen-bond acceptors (Lipinski definition) is 10. The molecule has 3 atom stereocenters. The number of anilines is 1. The number of benzene rings is 2. The number of nitrogens with zero attached hydrogens (tertiary/aromatic N) is 2. The van der Waals surface area contributed by atoms with Gasteiger partial charge in [-0.05, 0) is 80.7 Å². The standard InChI is InChI=1S/C51H75N7O10/c1-10-36-28-45(63)58(47(36)65)25-19-15-18-22-41(59)52-30-42(60)53-31-44(62)56-40(26-35-20-16-14-17-21-35)46(64)54-32-43(61)55-39-24-23-37(33-68-48(66)34(5)6)38(27-39)29-51(8,13-4)57(9)49(67)50(7,11-2)12-3/h14,16-17,20-21,23-24,27,34,36,40H,10-13,15,18-19,22,25-26,28-33H2,1-9H3,(H,52,59)(H,53,60)(H,54,64)(H,55,61)(H,56,62)/t36?,40-,51?/m0/s1. The summed E-state index contributed by atoms with van der Waals surface area (Å²) in [6.07, 6.45) is 5.17. The first-order chi connectivity index (χ1) is 32.2. The van der Waals surface area contributed by atoms with E-state index in [4.69, 9.17) is 4.74 Å². The first-order valence-electron chi connectivity index (χ1n) is 24.1. The third-order valence-corrected chi connectivity index (χ3v) is 13.2. The molecule has 17 nitrogen and oxygen atoms in total. The second-order valence-corrected chi connectivity index (χ2v) is 18.5. The summed E-state index contributed by atoms with van der Waals surface area (Å²) < 4.78 is 5.60. The molecular weight excluding hydrogens is 871 g/mol. The molecule has 0 radical (unpaired) electrons. The van der Waals surface area contributed by atoms with Gasteiger partial charge >= 0.3 is 5.97 Å². The van der Waals surface area contributed by atoms with E-state index in [1.165, 1.54) is 4.90 Å². The van der Waals surface area contributed by atoms with Crippen LogP contribution < -0.4 is 26.6 Å². The second kappa shape index (κ2) is 27.0. The summed E-state index contributed by atoms with van der Waals surface area (Å²) in [4.78, 5) is 119. The minimum atomic E-state index is -1.11. The van der Waals surface area contributed by atoms with E-state index in [1.54, 1.807) is 56.3 Å². The Hall–Kier alpha value is -6.13. The lowest BCUT2D eigenvalue weighted by molar-refractivity contribution is -0.148. The van der Waals surface area contributed by atoms with Crippen LogP contribution in [0, 0.1) is 17.3 Å². The largest absolute Gasteiger partial charge is 0.461 e. The highest BCUT2D eigenvalue weighted by atomic mass is 16.5. The predicted octanol–water partition coefficient (Wildman–Crippen LogP) is 4.74. The summed E-state index contributed by atoms with van der Waals surface area (Å²) >= 11 is 0. The molecule has 17 heteroatoms. The van der Waals surface area contributed by atoms with E-state index in [2.05, 4.69) is 26.6 Å². The fourth-order valence-corrected chi connectivity index (χ4v) is 7.76. The third-order valence-electron chi connectivity index (χ3n) is 13.2. The van der Waals surface area contributed by atoms with Crippen molar-refractivity contribution in [2.24, 2.45) is 17.3 Å². The number of rotatable bonds is 28. The lowest BCUT2D eigenvalue weighted by atomic mass is 9.80. The van der Waals surface area contributed by atoms with Crippen molar-refractivity contribution in [3.63, 3.8) is 0 Å². The molecule has 2 aromatic carbocycles. The number of nitrogens with one attached hydrogen (secondary N) is 5. The molecular formula is C51H75N7O10. The summed E-state index contributed by atoms with van der Waals surface area (Å²) in [7, 11) is 1.81. The maximum Gasteiger partial charge on any atom is 0.308 e. The van der Waals surface area contributed by atoms with Crippen molar-refractivity contribution < 1.29 is 47.9 Å². The van der Waals surface area contributed by atoms with Gasteiger partial charge in [-0.1, -0.05) is 91.3 Å². The van der Waals surface area contributed by atoms with E-state index in [0.717, 1.165) is 16.7 Å².